The van der Waals surface area contributed by atoms with E-state index in [1.165, 1.54) is 5.56 Å². The van der Waals surface area contributed by atoms with Crippen molar-refractivity contribution in [1.82, 2.24) is 24.8 Å². The Morgan fingerprint density at radius 3 is 2.42 bits per heavy atom. The van der Waals surface area contributed by atoms with Crippen LogP contribution in [0.25, 0.3) is 22.2 Å². The van der Waals surface area contributed by atoms with Crippen LogP contribution in [0.4, 0.5) is 17.5 Å². The van der Waals surface area contributed by atoms with Gasteiger partial charge in [-0.25, -0.2) is 19.9 Å². The molecule has 0 radical (unpaired) electrons. The smallest absolute Gasteiger partial charge is 0.228 e. The van der Waals surface area contributed by atoms with E-state index in [9.17, 15) is 5.11 Å². The molecule has 4 aromatic rings. The summed E-state index contributed by atoms with van der Waals surface area (Å²) in [4.78, 5) is 23.1. The Morgan fingerprint density at radius 1 is 0.939 bits per heavy atom. The lowest BCUT2D eigenvalue weighted by Gasteiger charge is -2.33. The minimum absolute atomic E-state index is 0.140. The van der Waals surface area contributed by atoms with Crippen LogP contribution in [0.15, 0.2) is 54.9 Å². The molecule has 168 valence electrons. The summed E-state index contributed by atoms with van der Waals surface area (Å²) in [6.07, 6.45) is 3.64. The number of aryl methyl sites for hydroxylation is 1. The number of hydrogen-bond donors (Lipinski definition) is 2. The predicted octanol–water partition coefficient (Wildman–Crippen LogP) is 3.38. The molecule has 0 unspecified atom stereocenters. The summed E-state index contributed by atoms with van der Waals surface area (Å²) in [7, 11) is 2.15. The summed E-state index contributed by atoms with van der Waals surface area (Å²) in [6, 6.07) is 14.0. The quantitative estimate of drug-likeness (QED) is 0.487. The summed E-state index contributed by atoms with van der Waals surface area (Å²) >= 11 is 0. The second-order valence-corrected chi connectivity index (χ2v) is 8.43. The highest BCUT2D eigenvalue weighted by Crippen LogP contribution is 2.28. The van der Waals surface area contributed by atoms with Crippen LogP contribution in [0.5, 0.6) is 0 Å². The first-order valence-corrected chi connectivity index (χ1v) is 11.1. The van der Waals surface area contributed by atoms with Crippen LogP contribution >= 0.6 is 0 Å². The molecule has 4 heterocycles. The fourth-order valence-corrected chi connectivity index (χ4v) is 3.97. The molecule has 8 heteroatoms. The number of anilines is 3. The van der Waals surface area contributed by atoms with E-state index >= 15 is 0 Å². The van der Waals surface area contributed by atoms with Crippen LogP contribution in [0.2, 0.25) is 0 Å². The third-order valence-corrected chi connectivity index (χ3v) is 5.96. The molecule has 5 rings (SSSR count). The Labute approximate surface area is 193 Å². The highest BCUT2D eigenvalue weighted by atomic mass is 16.3. The highest BCUT2D eigenvalue weighted by Gasteiger charge is 2.15. The summed E-state index contributed by atoms with van der Waals surface area (Å²) < 4.78 is 0. The monoisotopic (exact) mass is 441 g/mol. The van der Waals surface area contributed by atoms with Gasteiger partial charge in [0.05, 0.1) is 29.9 Å². The van der Waals surface area contributed by atoms with Gasteiger partial charge in [0.15, 0.2) is 0 Å². The molecule has 2 N–H and O–H groups in total. The third-order valence-electron chi connectivity index (χ3n) is 5.96. The molecule has 0 amide bonds. The molecule has 0 aliphatic carbocycles. The van der Waals surface area contributed by atoms with E-state index in [4.69, 9.17) is 4.98 Å². The summed E-state index contributed by atoms with van der Waals surface area (Å²) in [5.74, 6) is 1.14. The molecule has 1 aliphatic rings. The molecule has 1 aliphatic heterocycles. The summed E-state index contributed by atoms with van der Waals surface area (Å²) in [5, 5.41) is 13.7. The summed E-state index contributed by atoms with van der Waals surface area (Å²) in [5.41, 5.74) is 5.27. The first-order chi connectivity index (χ1) is 16.1. The van der Waals surface area contributed by atoms with Gasteiger partial charge >= 0.3 is 0 Å². The van der Waals surface area contributed by atoms with Crippen molar-refractivity contribution in [3.05, 3.63) is 66.1 Å². The van der Waals surface area contributed by atoms with Gasteiger partial charge in [-0.3, -0.25) is 0 Å². The van der Waals surface area contributed by atoms with Crippen molar-refractivity contribution in [3.63, 3.8) is 0 Å². The number of nitrogens with zero attached hydrogens (tertiary/aromatic N) is 6. The molecule has 8 nitrogen and oxygen atoms in total. The van der Waals surface area contributed by atoms with Crippen molar-refractivity contribution in [2.24, 2.45) is 0 Å². The van der Waals surface area contributed by atoms with Crippen LogP contribution in [0, 0.1) is 6.92 Å². The molecule has 0 spiro atoms. The molecule has 1 aromatic carbocycles. The zero-order chi connectivity index (χ0) is 22.8. The van der Waals surface area contributed by atoms with Gasteiger partial charge < -0.3 is 20.2 Å². The first-order valence-electron chi connectivity index (χ1n) is 11.1. The average molecular weight is 442 g/mol. The highest BCUT2D eigenvalue weighted by molar-refractivity contribution is 5.92. The number of aromatic nitrogens is 4. The number of hydrogen-bond acceptors (Lipinski definition) is 8. The maximum Gasteiger partial charge on any atom is 0.228 e. The third kappa shape index (κ3) is 4.62. The van der Waals surface area contributed by atoms with E-state index in [1.54, 1.807) is 6.20 Å². The number of likely N-dealkylation sites (N-methyl/N-ethyl adjacent to an activating group) is 1. The van der Waals surface area contributed by atoms with E-state index in [2.05, 4.69) is 43.2 Å². The van der Waals surface area contributed by atoms with Crippen molar-refractivity contribution in [2.75, 3.05) is 43.4 Å². The molecular formula is C25H27N7O. The number of fused-ring (bicyclic) bond motifs is 1. The van der Waals surface area contributed by atoms with Crippen LogP contribution < -0.4 is 10.2 Å². The molecule has 0 saturated carbocycles. The number of nitrogens with one attached hydrogen (secondary N) is 1. The van der Waals surface area contributed by atoms with Crippen molar-refractivity contribution >= 4 is 28.4 Å². The zero-order valence-corrected chi connectivity index (χ0v) is 18.9. The molecular weight excluding hydrogens is 414 g/mol. The molecule has 1 fully saturated rings. The average Bonchev–Trinajstić information content (AvgIpc) is 2.85. The minimum atomic E-state index is -0.140. The van der Waals surface area contributed by atoms with Gasteiger partial charge in [0.1, 0.15) is 11.3 Å². The van der Waals surface area contributed by atoms with Gasteiger partial charge in [-0.1, -0.05) is 29.8 Å². The van der Waals surface area contributed by atoms with Crippen molar-refractivity contribution in [3.8, 4) is 11.3 Å². The maximum absolute atomic E-state index is 9.66. The van der Waals surface area contributed by atoms with Crippen LogP contribution in [-0.4, -0.2) is 63.2 Å². The fourth-order valence-electron chi connectivity index (χ4n) is 3.97. The Morgan fingerprint density at radius 2 is 1.73 bits per heavy atom. The lowest BCUT2D eigenvalue weighted by Crippen LogP contribution is -2.44. The van der Waals surface area contributed by atoms with Crippen LogP contribution in [0.1, 0.15) is 11.3 Å². The molecule has 1 saturated heterocycles. The van der Waals surface area contributed by atoms with E-state index in [1.807, 2.05) is 49.5 Å². The van der Waals surface area contributed by atoms with Gasteiger partial charge in [0.25, 0.3) is 0 Å². The second-order valence-electron chi connectivity index (χ2n) is 8.43. The standard InChI is InChI=1S/C25H27N7O/c1-17-3-5-18(6-4-17)23-24-19(13-20(16-33)28-23)14-27-25(30-24)29-22-8-7-21(15-26-22)32-11-9-31(2)10-12-32/h3-8,13-15,33H,9-12,16H2,1-2H3,(H,26,27,29,30). The van der Waals surface area contributed by atoms with E-state index in [-0.39, 0.29) is 6.61 Å². The normalized spacial score (nSPS) is 14.6. The Balaban J connectivity index is 1.43. The molecule has 0 atom stereocenters. The largest absolute Gasteiger partial charge is 0.390 e. The Bertz CT molecular complexity index is 1250. The predicted molar refractivity (Wildman–Crippen MR) is 131 cm³/mol. The fraction of sp³-hybridized carbons (Fsp3) is 0.280. The number of pyridine rings is 2. The van der Waals surface area contributed by atoms with E-state index in [0.717, 1.165) is 54.0 Å². The number of benzene rings is 1. The van der Waals surface area contributed by atoms with Crippen LogP contribution in [0.3, 0.4) is 0 Å². The van der Waals surface area contributed by atoms with Gasteiger partial charge in [0.2, 0.25) is 5.95 Å². The number of rotatable bonds is 5. The maximum atomic E-state index is 9.66. The second kappa shape index (κ2) is 9.09. The van der Waals surface area contributed by atoms with Crippen LogP contribution in [-0.2, 0) is 6.61 Å². The SMILES string of the molecule is Cc1ccc(-c2nc(CO)cc3cnc(Nc4ccc(N5CCN(C)CC5)cn4)nc23)cc1. The topological polar surface area (TPSA) is 90.3 Å². The van der Waals surface area contributed by atoms with Crippen molar-refractivity contribution in [2.45, 2.75) is 13.5 Å². The van der Waals surface area contributed by atoms with Crippen molar-refractivity contribution < 1.29 is 5.11 Å². The first kappa shape index (κ1) is 21.2. The lowest BCUT2D eigenvalue weighted by atomic mass is 10.1. The van der Waals surface area contributed by atoms with Gasteiger partial charge in [0, 0.05) is 43.3 Å². The van der Waals surface area contributed by atoms with Gasteiger partial charge in [-0.15, -0.1) is 0 Å². The van der Waals surface area contributed by atoms with Gasteiger partial charge in [-0.2, -0.15) is 0 Å². The Hall–Kier alpha value is -3.62. The van der Waals surface area contributed by atoms with Crippen molar-refractivity contribution in [1.29, 1.82) is 0 Å². The number of piperazine rings is 1. The van der Waals surface area contributed by atoms with E-state index < -0.39 is 0 Å². The molecule has 0 bridgehead atoms. The number of aliphatic hydroxyl groups is 1. The zero-order valence-electron chi connectivity index (χ0n) is 18.9. The minimum Gasteiger partial charge on any atom is -0.390 e. The molecule has 33 heavy (non-hydrogen) atoms. The summed E-state index contributed by atoms with van der Waals surface area (Å²) in [6.45, 7) is 6.03. The molecule has 3 aromatic heterocycles. The Kier molecular flexibility index (Phi) is 5.85. The van der Waals surface area contributed by atoms with E-state index in [0.29, 0.717) is 17.5 Å². The van der Waals surface area contributed by atoms with Gasteiger partial charge in [-0.05, 0) is 32.2 Å². The lowest BCUT2D eigenvalue weighted by molar-refractivity contribution is 0.277. The number of aliphatic hydroxyl groups excluding tert-OH is 1.